The molecule has 3 heteroatoms. The summed E-state index contributed by atoms with van der Waals surface area (Å²) in [7, 11) is 0. The molecule has 0 radical (unpaired) electrons. The lowest BCUT2D eigenvalue weighted by atomic mass is 10.7. The standard InChI is InChI=1S/C4H7NOS/c1-4(6)5-2-3-7/h2-3,7H,1H3,(H,5,6)/b3-2-. The first-order chi connectivity index (χ1) is 3.27. The van der Waals surface area contributed by atoms with Gasteiger partial charge >= 0.3 is 0 Å². The molecule has 0 bridgehead atoms. The largest absolute Gasteiger partial charge is 0.332 e. The topological polar surface area (TPSA) is 29.1 Å². The van der Waals surface area contributed by atoms with Crippen molar-refractivity contribution in [3.05, 3.63) is 11.6 Å². The summed E-state index contributed by atoms with van der Waals surface area (Å²) in [6.07, 6.45) is 1.46. The Kier molecular flexibility index (Phi) is 3.50. The molecule has 0 fully saturated rings. The summed E-state index contributed by atoms with van der Waals surface area (Å²) >= 11 is 3.70. The van der Waals surface area contributed by atoms with E-state index < -0.39 is 0 Å². The maximum Gasteiger partial charge on any atom is 0.220 e. The minimum absolute atomic E-state index is 0.0784. The highest BCUT2D eigenvalue weighted by Crippen LogP contribution is 1.70. The number of thiol groups is 1. The first-order valence-electron chi connectivity index (χ1n) is 1.83. The van der Waals surface area contributed by atoms with Crippen LogP contribution in [0.5, 0.6) is 0 Å². The van der Waals surface area contributed by atoms with Crippen molar-refractivity contribution in [3.8, 4) is 0 Å². The Bertz CT molecular complexity index is 89.7. The predicted octanol–water partition coefficient (Wildman–Crippen LogP) is 0.524. The fourth-order valence-electron chi connectivity index (χ4n) is 0.155. The molecule has 0 aliphatic carbocycles. The smallest absolute Gasteiger partial charge is 0.220 e. The molecule has 1 amide bonds. The van der Waals surface area contributed by atoms with Crippen molar-refractivity contribution in [2.45, 2.75) is 6.92 Å². The highest BCUT2D eigenvalue weighted by molar-refractivity contribution is 7.83. The van der Waals surface area contributed by atoms with E-state index in [2.05, 4.69) is 17.9 Å². The molecule has 0 aromatic carbocycles. The van der Waals surface area contributed by atoms with Gasteiger partial charge < -0.3 is 5.32 Å². The molecule has 0 saturated carbocycles. The van der Waals surface area contributed by atoms with Gasteiger partial charge in [0.1, 0.15) is 0 Å². The van der Waals surface area contributed by atoms with Crippen molar-refractivity contribution in [2.75, 3.05) is 0 Å². The van der Waals surface area contributed by atoms with Crippen molar-refractivity contribution in [3.63, 3.8) is 0 Å². The van der Waals surface area contributed by atoms with Crippen LogP contribution in [0.1, 0.15) is 6.92 Å². The van der Waals surface area contributed by atoms with Crippen molar-refractivity contribution < 1.29 is 4.79 Å². The lowest BCUT2D eigenvalue weighted by Crippen LogP contribution is -2.10. The average molecular weight is 117 g/mol. The summed E-state index contributed by atoms with van der Waals surface area (Å²) in [5.74, 6) is -0.0784. The third-order valence-electron chi connectivity index (χ3n) is 0.361. The van der Waals surface area contributed by atoms with E-state index in [1.54, 1.807) is 0 Å². The van der Waals surface area contributed by atoms with Gasteiger partial charge in [0.2, 0.25) is 5.91 Å². The van der Waals surface area contributed by atoms with Gasteiger partial charge in [-0.1, -0.05) is 0 Å². The maximum absolute atomic E-state index is 10.0. The normalized spacial score (nSPS) is 9.43. The lowest BCUT2D eigenvalue weighted by molar-refractivity contribution is -0.118. The quantitative estimate of drug-likeness (QED) is 0.482. The predicted molar refractivity (Wildman–Crippen MR) is 31.9 cm³/mol. The van der Waals surface area contributed by atoms with E-state index in [4.69, 9.17) is 0 Å². The van der Waals surface area contributed by atoms with Crippen LogP contribution >= 0.6 is 12.6 Å². The second kappa shape index (κ2) is 3.74. The Labute approximate surface area is 48.0 Å². The summed E-state index contributed by atoms with van der Waals surface area (Å²) in [6.45, 7) is 1.44. The zero-order valence-electron chi connectivity index (χ0n) is 4.01. The van der Waals surface area contributed by atoms with E-state index in [0.29, 0.717) is 0 Å². The van der Waals surface area contributed by atoms with Gasteiger partial charge in [0.05, 0.1) is 0 Å². The van der Waals surface area contributed by atoms with Crippen molar-refractivity contribution in [1.82, 2.24) is 5.32 Å². The number of rotatable bonds is 1. The Hall–Kier alpha value is -0.440. The SMILES string of the molecule is CC(=O)N/C=C\S. The molecule has 0 spiro atoms. The molecular weight excluding hydrogens is 110 g/mol. The van der Waals surface area contributed by atoms with E-state index in [-0.39, 0.29) is 5.91 Å². The molecule has 0 aromatic rings. The Morgan fingerprint density at radius 2 is 2.43 bits per heavy atom. The summed E-state index contributed by atoms with van der Waals surface area (Å²) < 4.78 is 0. The average Bonchev–Trinajstić information content (AvgIpc) is 1.61. The molecule has 0 heterocycles. The highest BCUT2D eigenvalue weighted by atomic mass is 32.1. The van der Waals surface area contributed by atoms with E-state index in [0.717, 1.165) is 0 Å². The lowest BCUT2D eigenvalue weighted by Gasteiger charge is -1.85. The summed E-state index contributed by atoms with van der Waals surface area (Å²) in [5, 5.41) is 3.86. The molecule has 2 nitrogen and oxygen atoms in total. The molecule has 0 saturated heterocycles. The third-order valence-corrected chi connectivity index (χ3v) is 0.510. The van der Waals surface area contributed by atoms with Crippen LogP contribution in [-0.4, -0.2) is 5.91 Å². The maximum atomic E-state index is 10.0. The fourth-order valence-corrected chi connectivity index (χ4v) is 0.229. The second-order valence-corrected chi connectivity index (χ2v) is 1.31. The van der Waals surface area contributed by atoms with Crippen LogP contribution in [0.4, 0.5) is 0 Å². The number of hydrogen-bond acceptors (Lipinski definition) is 2. The van der Waals surface area contributed by atoms with Crippen LogP contribution in [0.15, 0.2) is 11.6 Å². The van der Waals surface area contributed by atoms with Gasteiger partial charge in [-0.15, -0.1) is 12.6 Å². The zero-order chi connectivity index (χ0) is 5.70. The molecule has 40 valence electrons. The monoisotopic (exact) mass is 117 g/mol. The fraction of sp³-hybridized carbons (Fsp3) is 0.250. The zero-order valence-corrected chi connectivity index (χ0v) is 4.90. The molecule has 0 rings (SSSR count). The van der Waals surface area contributed by atoms with Crippen LogP contribution < -0.4 is 5.32 Å². The summed E-state index contributed by atoms with van der Waals surface area (Å²) in [4.78, 5) is 10.0. The first-order valence-corrected chi connectivity index (χ1v) is 2.35. The van der Waals surface area contributed by atoms with Crippen molar-refractivity contribution in [1.29, 1.82) is 0 Å². The Morgan fingerprint density at radius 3 is 2.57 bits per heavy atom. The van der Waals surface area contributed by atoms with Crippen LogP contribution in [0.3, 0.4) is 0 Å². The van der Waals surface area contributed by atoms with Crippen molar-refractivity contribution in [2.24, 2.45) is 0 Å². The number of carbonyl (C=O) groups is 1. The van der Waals surface area contributed by atoms with Crippen LogP contribution in [-0.2, 0) is 4.79 Å². The van der Waals surface area contributed by atoms with Crippen LogP contribution in [0.2, 0.25) is 0 Å². The van der Waals surface area contributed by atoms with E-state index in [1.165, 1.54) is 18.5 Å². The van der Waals surface area contributed by atoms with Crippen molar-refractivity contribution >= 4 is 18.5 Å². The number of hydrogen-bond donors (Lipinski definition) is 2. The number of carbonyl (C=O) groups excluding carboxylic acids is 1. The Balaban J connectivity index is 3.14. The Morgan fingerprint density at radius 1 is 1.86 bits per heavy atom. The van der Waals surface area contributed by atoms with E-state index in [9.17, 15) is 4.79 Å². The first kappa shape index (κ1) is 6.56. The molecule has 0 aliphatic heterocycles. The highest BCUT2D eigenvalue weighted by Gasteiger charge is 1.77. The van der Waals surface area contributed by atoms with Gasteiger partial charge in [-0.05, 0) is 5.41 Å². The second-order valence-electron chi connectivity index (χ2n) is 1.02. The van der Waals surface area contributed by atoms with Gasteiger partial charge in [0, 0.05) is 13.1 Å². The molecule has 0 atom stereocenters. The minimum atomic E-state index is -0.0784. The van der Waals surface area contributed by atoms with Crippen LogP contribution in [0.25, 0.3) is 0 Å². The number of nitrogens with one attached hydrogen (secondary N) is 1. The molecule has 0 aliphatic rings. The number of amides is 1. The molecule has 0 unspecified atom stereocenters. The van der Waals surface area contributed by atoms with Crippen LogP contribution in [0, 0.1) is 0 Å². The molecule has 0 aromatic heterocycles. The van der Waals surface area contributed by atoms with E-state index >= 15 is 0 Å². The summed E-state index contributed by atoms with van der Waals surface area (Å²) in [6, 6.07) is 0. The van der Waals surface area contributed by atoms with Gasteiger partial charge in [-0.2, -0.15) is 0 Å². The third kappa shape index (κ3) is 5.56. The minimum Gasteiger partial charge on any atom is -0.332 e. The van der Waals surface area contributed by atoms with Gasteiger partial charge in [-0.25, -0.2) is 0 Å². The van der Waals surface area contributed by atoms with Gasteiger partial charge in [-0.3, -0.25) is 4.79 Å². The van der Waals surface area contributed by atoms with Gasteiger partial charge in [0.25, 0.3) is 0 Å². The molecular formula is C4H7NOS. The van der Waals surface area contributed by atoms with E-state index in [1.807, 2.05) is 0 Å². The van der Waals surface area contributed by atoms with Gasteiger partial charge in [0.15, 0.2) is 0 Å². The molecule has 7 heavy (non-hydrogen) atoms. The molecule has 1 N–H and O–H groups in total. The summed E-state index contributed by atoms with van der Waals surface area (Å²) in [5.41, 5.74) is 0.